The fourth-order valence-corrected chi connectivity index (χ4v) is 4.81. The average molecular weight is 391 g/mol. The molecule has 0 N–H and O–H groups in total. The van der Waals surface area contributed by atoms with E-state index < -0.39 is 5.54 Å². The van der Waals surface area contributed by atoms with Gasteiger partial charge in [0, 0.05) is 12.6 Å². The van der Waals surface area contributed by atoms with Crippen LogP contribution in [0.15, 0.2) is 116 Å². The summed E-state index contributed by atoms with van der Waals surface area (Å²) in [5.41, 5.74) is 3.12. The Bertz CT molecular complexity index is 936. The number of hydrogen-bond donors (Lipinski definition) is 0. The van der Waals surface area contributed by atoms with Crippen molar-refractivity contribution in [3.8, 4) is 6.07 Å². The van der Waals surface area contributed by atoms with Crippen LogP contribution in [0.3, 0.4) is 0 Å². The van der Waals surface area contributed by atoms with Crippen LogP contribution in [0.4, 0.5) is 0 Å². The maximum absolute atomic E-state index is 9.89. The largest absolute Gasteiger partial charge is 0.278 e. The van der Waals surface area contributed by atoms with Gasteiger partial charge in [0.05, 0.1) is 17.5 Å². The number of nitrogens with zero attached hydrogens (tertiary/aromatic N) is 2. The Morgan fingerprint density at radius 2 is 1.30 bits per heavy atom. The molecule has 0 saturated carbocycles. The Labute approximate surface area is 179 Å². The van der Waals surface area contributed by atoms with Crippen LogP contribution in [-0.4, -0.2) is 17.5 Å². The molecule has 0 radical (unpaired) electrons. The molecule has 0 aromatic heterocycles. The maximum Gasteiger partial charge on any atom is 0.0978 e. The van der Waals surface area contributed by atoms with E-state index in [9.17, 15) is 5.26 Å². The maximum atomic E-state index is 9.89. The smallest absolute Gasteiger partial charge is 0.0978 e. The highest BCUT2D eigenvalue weighted by Gasteiger charge is 2.49. The minimum Gasteiger partial charge on any atom is -0.278 e. The standard InChI is InChI=1S/C28H26N2/c1-2-3-19-27-23(22-29)20-21-30(27)28(24-13-7-4-8-14-24,25-15-9-5-10-16-25)26-17-11-6-12-18-26/h2-19,23,27H,1,20-21H2/b19-3-/t23-,27+/m1/s1. The molecule has 148 valence electrons. The second-order valence-corrected chi connectivity index (χ2v) is 7.64. The molecule has 0 spiro atoms. The first kappa shape index (κ1) is 19.9. The minimum absolute atomic E-state index is 0.00591. The molecule has 1 heterocycles. The second kappa shape index (κ2) is 8.95. The van der Waals surface area contributed by atoms with E-state index in [4.69, 9.17) is 0 Å². The molecule has 1 aliphatic heterocycles. The van der Waals surface area contributed by atoms with Gasteiger partial charge in [-0.05, 0) is 23.1 Å². The van der Waals surface area contributed by atoms with Crippen molar-refractivity contribution in [3.63, 3.8) is 0 Å². The monoisotopic (exact) mass is 390 g/mol. The molecule has 3 aromatic carbocycles. The third-order valence-electron chi connectivity index (χ3n) is 6.07. The molecule has 1 fully saturated rings. The van der Waals surface area contributed by atoms with Crippen LogP contribution in [0, 0.1) is 17.2 Å². The van der Waals surface area contributed by atoms with E-state index in [1.807, 2.05) is 6.08 Å². The van der Waals surface area contributed by atoms with Crippen LogP contribution >= 0.6 is 0 Å². The number of allylic oxidation sites excluding steroid dienone is 2. The molecule has 2 heteroatoms. The zero-order valence-electron chi connectivity index (χ0n) is 17.1. The van der Waals surface area contributed by atoms with Gasteiger partial charge in [0.15, 0.2) is 0 Å². The van der Waals surface area contributed by atoms with E-state index in [0.717, 1.165) is 13.0 Å². The van der Waals surface area contributed by atoms with Crippen LogP contribution in [0.25, 0.3) is 0 Å². The molecule has 30 heavy (non-hydrogen) atoms. The van der Waals surface area contributed by atoms with Gasteiger partial charge in [0.2, 0.25) is 0 Å². The Kier molecular flexibility index (Phi) is 5.93. The molecule has 0 bridgehead atoms. The lowest BCUT2D eigenvalue weighted by atomic mass is 9.75. The second-order valence-electron chi connectivity index (χ2n) is 7.64. The number of nitriles is 1. The van der Waals surface area contributed by atoms with Gasteiger partial charge in [0.1, 0.15) is 0 Å². The van der Waals surface area contributed by atoms with Crippen LogP contribution in [-0.2, 0) is 5.54 Å². The number of likely N-dealkylation sites (tertiary alicyclic amines) is 1. The van der Waals surface area contributed by atoms with Gasteiger partial charge in [-0.25, -0.2) is 0 Å². The zero-order chi connectivity index (χ0) is 20.8. The van der Waals surface area contributed by atoms with E-state index in [-0.39, 0.29) is 12.0 Å². The third-order valence-corrected chi connectivity index (χ3v) is 6.07. The molecule has 2 atom stereocenters. The topological polar surface area (TPSA) is 27.0 Å². The summed E-state index contributed by atoms with van der Waals surface area (Å²) < 4.78 is 0. The molecular formula is C28H26N2. The molecule has 2 nitrogen and oxygen atoms in total. The molecule has 0 aliphatic carbocycles. The lowest BCUT2D eigenvalue weighted by Crippen LogP contribution is -2.50. The molecule has 0 amide bonds. The van der Waals surface area contributed by atoms with Crippen molar-refractivity contribution in [2.45, 2.75) is 18.0 Å². The molecule has 1 aliphatic rings. The Balaban J connectivity index is 2.04. The zero-order valence-corrected chi connectivity index (χ0v) is 17.1. The van der Waals surface area contributed by atoms with Crippen molar-refractivity contribution < 1.29 is 0 Å². The summed E-state index contributed by atoms with van der Waals surface area (Å²) in [4.78, 5) is 2.50. The van der Waals surface area contributed by atoms with Crippen molar-refractivity contribution in [3.05, 3.63) is 132 Å². The van der Waals surface area contributed by atoms with Gasteiger partial charge < -0.3 is 0 Å². The average Bonchev–Trinajstić information content (AvgIpc) is 3.23. The summed E-state index contributed by atoms with van der Waals surface area (Å²) >= 11 is 0. The molecular weight excluding hydrogens is 364 g/mol. The third kappa shape index (κ3) is 3.38. The van der Waals surface area contributed by atoms with Gasteiger partial charge in [0.25, 0.3) is 0 Å². The van der Waals surface area contributed by atoms with Gasteiger partial charge in [-0.15, -0.1) is 0 Å². The fraction of sp³-hybridized carbons (Fsp3) is 0.179. The summed E-state index contributed by atoms with van der Waals surface area (Å²) in [7, 11) is 0. The number of rotatable bonds is 6. The quantitative estimate of drug-likeness (QED) is 0.385. The highest BCUT2D eigenvalue weighted by molar-refractivity contribution is 5.50. The number of hydrogen-bond acceptors (Lipinski definition) is 2. The van der Waals surface area contributed by atoms with Crippen LogP contribution in [0.2, 0.25) is 0 Å². The van der Waals surface area contributed by atoms with Gasteiger partial charge in [-0.2, -0.15) is 5.26 Å². The summed E-state index contributed by atoms with van der Waals surface area (Å²) in [6.45, 7) is 4.68. The lowest BCUT2D eigenvalue weighted by molar-refractivity contribution is 0.158. The normalized spacial score (nSPS) is 19.6. The fourth-order valence-electron chi connectivity index (χ4n) is 4.81. The highest BCUT2D eigenvalue weighted by Crippen LogP contribution is 2.47. The Hall–Kier alpha value is -3.41. The van der Waals surface area contributed by atoms with Gasteiger partial charge in [-0.3, -0.25) is 4.90 Å². The first-order valence-electron chi connectivity index (χ1n) is 10.4. The molecule has 0 unspecified atom stereocenters. The van der Waals surface area contributed by atoms with Gasteiger partial charge >= 0.3 is 0 Å². The molecule has 4 rings (SSSR count). The van der Waals surface area contributed by atoms with E-state index >= 15 is 0 Å². The van der Waals surface area contributed by atoms with E-state index in [1.165, 1.54) is 16.7 Å². The van der Waals surface area contributed by atoms with Crippen molar-refractivity contribution in [1.29, 1.82) is 5.26 Å². The van der Waals surface area contributed by atoms with Crippen LogP contribution in [0.1, 0.15) is 23.1 Å². The SMILES string of the molecule is C=C/C=C\[C@H]1[C@@H](C#N)CCN1C(c1ccccc1)(c1ccccc1)c1ccccc1. The van der Waals surface area contributed by atoms with Crippen molar-refractivity contribution >= 4 is 0 Å². The Morgan fingerprint density at radius 3 is 1.70 bits per heavy atom. The van der Waals surface area contributed by atoms with Crippen LogP contribution in [0.5, 0.6) is 0 Å². The summed E-state index contributed by atoms with van der Waals surface area (Å²) in [5, 5.41) is 9.89. The van der Waals surface area contributed by atoms with Crippen molar-refractivity contribution in [2.75, 3.05) is 6.54 Å². The van der Waals surface area contributed by atoms with Crippen molar-refractivity contribution in [1.82, 2.24) is 4.90 Å². The number of benzene rings is 3. The molecule has 3 aromatic rings. The van der Waals surface area contributed by atoms with E-state index in [0.29, 0.717) is 0 Å². The van der Waals surface area contributed by atoms with Crippen molar-refractivity contribution in [2.24, 2.45) is 5.92 Å². The first-order valence-corrected chi connectivity index (χ1v) is 10.4. The summed E-state index contributed by atoms with van der Waals surface area (Å²) in [5.74, 6) is -0.0586. The lowest BCUT2D eigenvalue weighted by Gasteiger charge is -2.46. The Morgan fingerprint density at radius 1 is 0.833 bits per heavy atom. The summed E-state index contributed by atoms with van der Waals surface area (Å²) in [6, 6.07) is 34.5. The summed E-state index contributed by atoms with van der Waals surface area (Å²) in [6.07, 6.45) is 6.74. The molecule has 1 saturated heterocycles. The first-order chi connectivity index (χ1) is 14.8. The van der Waals surface area contributed by atoms with E-state index in [2.05, 4.69) is 115 Å². The van der Waals surface area contributed by atoms with Crippen LogP contribution < -0.4 is 0 Å². The predicted molar refractivity (Wildman–Crippen MR) is 123 cm³/mol. The minimum atomic E-state index is -0.494. The predicted octanol–water partition coefficient (Wildman–Crippen LogP) is 5.93. The van der Waals surface area contributed by atoms with Gasteiger partial charge in [-0.1, -0.05) is 116 Å². The highest BCUT2D eigenvalue weighted by atomic mass is 15.3. The van der Waals surface area contributed by atoms with E-state index in [1.54, 1.807) is 6.08 Å².